The molecular weight excluding hydrogens is 352 g/mol. The molecule has 0 aliphatic carbocycles. The number of fused-ring (bicyclic) bond motifs is 1. The van der Waals surface area contributed by atoms with Crippen LogP contribution in [0.4, 0.5) is 11.4 Å². The largest absolute Gasteiger partial charge is 0.320 e. The van der Waals surface area contributed by atoms with Crippen LogP contribution in [-0.2, 0) is 4.79 Å². The zero-order valence-electron chi connectivity index (χ0n) is 11.5. The molecule has 1 aliphatic heterocycles. The van der Waals surface area contributed by atoms with E-state index in [1.54, 1.807) is 6.07 Å². The number of aliphatic imine (C=N–C) groups is 1. The molecule has 2 aromatic rings. The van der Waals surface area contributed by atoms with Crippen LogP contribution < -0.4 is 5.32 Å². The van der Waals surface area contributed by atoms with Gasteiger partial charge in [0, 0.05) is 15.1 Å². The van der Waals surface area contributed by atoms with Gasteiger partial charge >= 0.3 is 0 Å². The summed E-state index contributed by atoms with van der Waals surface area (Å²) in [4.78, 5) is 16.7. The number of aryl methyl sites for hydroxylation is 1. The Morgan fingerprint density at radius 1 is 1.19 bits per heavy atom. The molecule has 5 heteroatoms. The van der Waals surface area contributed by atoms with Crippen molar-refractivity contribution in [3.63, 3.8) is 0 Å². The van der Waals surface area contributed by atoms with Crippen LogP contribution in [0.5, 0.6) is 0 Å². The normalized spacial score (nSPS) is 15.2. The molecule has 1 N–H and O–H groups in total. The predicted molar refractivity (Wildman–Crippen MR) is 89.9 cm³/mol. The van der Waals surface area contributed by atoms with E-state index in [-0.39, 0.29) is 5.91 Å². The van der Waals surface area contributed by atoms with E-state index >= 15 is 0 Å². The maximum absolute atomic E-state index is 12.2. The number of halogens is 2. The number of hydrogen-bond acceptors (Lipinski definition) is 2. The maximum Gasteiger partial charge on any atom is 0.275 e. The molecule has 106 valence electrons. The molecule has 1 heterocycles. The minimum Gasteiger partial charge on any atom is -0.320 e. The molecule has 0 bridgehead atoms. The summed E-state index contributed by atoms with van der Waals surface area (Å²) >= 11 is 9.54. The second-order valence-electron chi connectivity index (χ2n) is 4.94. The van der Waals surface area contributed by atoms with Crippen molar-refractivity contribution in [2.24, 2.45) is 4.99 Å². The van der Waals surface area contributed by atoms with Crippen molar-refractivity contribution in [2.45, 2.75) is 13.8 Å². The first-order valence-electron chi connectivity index (χ1n) is 6.43. The highest BCUT2D eigenvalue weighted by atomic mass is 79.9. The summed E-state index contributed by atoms with van der Waals surface area (Å²) in [6.07, 6.45) is 0. The lowest BCUT2D eigenvalue weighted by molar-refractivity contribution is -0.110. The van der Waals surface area contributed by atoms with Crippen molar-refractivity contribution in [2.75, 3.05) is 5.32 Å². The number of carbonyl (C=O) groups is 1. The highest BCUT2D eigenvalue weighted by Crippen LogP contribution is 2.33. The quantitative estimate of drug-likeness (QED) is 0.777. The molecule has 2 aromatic carbocycles. The van der Waals surface area contributed by atoms with Crippen molar-refractivity contribution >= 4 is 50.5 Å². The van der Waals surface area contributed by atoms with Crippen molar-refractivity contribution in [3.05, 3.63) is 56.5 Å². The van der Waals surface area contributed by atoms with Gasteiger partial charge in [0.05, 0.1) is 11.4 Å². The topological polar surface area (TPSA) is 41.5 Å². The SMILES string of the molecule is Cc1cc(N=C2C(=O)Nc3c2ccc(Cl)c3C)ccc1Br. The van der Waals surface area contributed by atoms with Crippen LogP contribution in [0.2, 0.25) is 5.02 Å². The van der Waals surface area contributed by atoms with Gasteiger partial charge in [-0.15, -0.1) is 0 Å². The zero-order chi connectivity index (χ0) is 15.1. The molecule has 0 unspecified atom stereocenters. The van der Waals surface area contributed by atoms with Gasteiger partial charge in [-0.25, -0.2) is 4.99 Å². The van der Waals surface area contributed by atoms with Crippen LogP contribution in [0.1, 0.15) is 16.7 Å². The highest BCUT2D eigenvalue weighted by molar-refractivity contribution is 9.10. The fourth-order valence-electron chi connectivity index (χ4n) is 2.28. The minimum atomic E-state index is -0.198. The third kappa shape index (κ3) is 2.49. The Balaban J connectivity index is 2.12. The molecule has 3 rings (SSSR count). The third-order valence-electron chi connectivity index (χ3n) is 3.49. The minimum absolute atomic E-state index is 0.198. The number of nitrogens with one attached hydrogen (secondary N) is 1. The molecule has 0 saturated heterocycles. The monoisotopic (exact) mass is 362 g/mol. The van der Waals surface area contributed by atoms with Gasteiger partial charge in [0.25, 0.3) is 5.91 Å². The molecule has 1 amide bonds. The molecule has 0 spiro atoms. The van der Waals surface area contributed by atoms with Crippen LogP contribution in [0, 0.1) is 13.8 Å². The van der Waals surface area contributed by atoms with Crippen molar-refractivity contribution < 1.29 is 4.79 Å². The highest BCUT2D eigenvalue weighted by Gasteiger charge is 2.28. The molecule has 3 nitrogen and oxygen atoms in total. The summed E-state index contributed by atoms with van der Waals surface area (Å²) in [6.45, 7) is 3.87. The second-order valence-corrected chi connectivity index (χ2v) is 6.20. The van der Waals surface area contributed by atoms with E-state index in [1.165, 1.54) is 0 Å². The smallest absolute Gasteiger partial charge is 0.275 e. The van der Waals surface area contributed by atoms with Gasteiger partial charge in [-0.2, -0.15) is 0 Å². The molecule has 0 atom stereocenters. The number of carbonyl (C=O) groups excluding carboxylic acids is 1. The molecule has 21 heavy (non-hydrogen) atoms. The molecule has 1 aliphatic rings. The number of amides is 1. The first kappa shape index (κ1) is 14.3. The molecule has 0 saturated carbocycles. The molecule has 0 aromatic heterocycles. The van der Waals surface area contributed by atoms with Gasteiger partial charge in [-0.3, -0.25) is 4.79 Å². The zero-order valence-corrected chi connectivity index (χ0v) is 13.8. The lowest BCUT2D eigenvalue weighted by Crippen LogP contribution is -2.14. The Morgan fingerprint density at radius 3 is 2.67 bits per heavy atom. The van der Waals surface area contributed by atoms with Crippen molar-refractivity contribution in [1.29, 1.82) is 0 Å². The van der Waals surface area contributed by atoms with Gasteiger partial charge < -0.3 is 5.32 Å². The van der Waals surface area contributed by atoms with Crippen LogP contribution >= 0.6 is 27.5 Å². The van der Waals surface area contributed by atoms with Gasteiger partial charge in [-0.1, -0.05) is 27.5 Å². The fourth-order valence-corrected chi connectivity index (χ4v) is 2.68. The number of benzene rings is 2. The average molecular weight is 364 g/mol. The van der Waals surface area contributed by atoms with E-state index in [9.17, 15) is 4.79 Å². The van der Waals surface area contributed by atoms with E-state index in [1.807, 2.05) is 38.1 Å². The third-order valence-corrected chi connectivity index (χ3v) is 4.79. The summed E-state index contributed by atoms with van der Waals surface area (Å²) in [5.74, 6) is -0.198. The Bertz CT molecular complexity index is 799. The van der Waals surface area contributed by atoms with E-state index < -0.39 is 0 Å². The lowest BCUT2D eigenvalue weighted by atomic mass is 10.1. The van der Waals surface area contributed by atoms with E-state index in [0.29, 0.717) is 10.7 Å². The number of anilines is 1. The van der Waals surface area contributed by atoms with Crippen LogP contribution in [-0.4, -0.2) is 11.6 Å². The lowest BCUT2D eigenvalue weighted by Gasteiger charge is -2.04. The van der Waals surface area contributed by atoms with E-state index in [2.05, 4.69) is 26.2 Å². The van der Waals surface area contributed by atoms with Gasteiger partial charge in [0.1, 0.15) is 5.71 Å². The Labute approximate surface area is 136 Å². The van der Waals surface area contributed by atoms with Gasteiger partial charge in [0.2, 0.25) is 0 Å². The van der Waals surface area contributed by atoms with Crippen molar-refractivity contribution in [3.8, 4) is 0 Å². The number of nitrogens with zero attached hydrogens (tertiary/aromatic N) is 1. The van der Waals surface area contributed by atoms with Gasteiger partial charge in [0.15, 0.2) is 0 Å². The molecule has 0 radical (unpaired) electrons. The standard InChI is InChI=1S/C16H12BrClN2O/c1-8-7-10(3-5-12(8)17)19-15-11-4-6-13(18)9(2)14(11)20-16(15)21/h3-7H,1-2H3,(H,19,20,21). The summed E-state index contributed by atoms with van der Waals surface area (Å²) in [7, 11) is 0. The van der Waals surface area contributed by atoms with Crippen LogP contribution in [0.25, 0.3) is 0 Å². The first-order valence-corrected chi connectivity index (χ1v) is 7.60. The number of hydrogen-bond donors (Lipinski definition) is 1. The Morgan fingerprint density at radius 2 is 1.95 bits per heavy atom. The average Bonchev–Trinajstić information content (AvgIpc) is 2.76. The Kier molecular flexibility index (Phi) is 3.59. The van der Waals surface area contributed by atoms with E-state index in [0.717, 1.165) is 32.5 Å². The van der Waals surface area contributed by atoms with Gasteiger partial charge in [-0.05, 0) is 55.3 Å². The van der Waals surface area contributed by atoms with Crippen LogP contribution in [0.15, 0.2) is 39.8 Å². The summed E-state index contributed by atoms with van der Waals surface area (Å²) in [5.41, 5.74) is 4.65. The number of rotatable bonds is 1. The summed E-state index contributed by atoms with van der Waals surface area (Å²) in [5, 5.41) is 3.47. The maximum atomic E-state index is 12.2. The predicted octanol–water partition coefficient (Wildman–Crippen LogP) is 4.79. The van der Waals surface area contributed by atoms with E-state index in [4.69, 9.17) is 11.6 Å². The van der Waals surface area contributed by atoms with Crippen molar-refractivity contribution in [1.82, 2.24) is 0 Å². The second kappa shape index (κ2) is 5.28. The van der Waals surface area contributed by atoms with Crippen LogP contribution in [0.3, 0.4) is 0 Å². The molecular formula is C16H12BrClN2O. The Hall–Kier alpha value is -1.65. The summed E-state index contributed by atoms with van der Waals surface area (Å²) < 4.78 is 1.02. The first-order chi connectivity index (χ1) is 9.97. The summed E-state index contributed by atoms with van der Waals surface area (Å²) in [6, 6.07) is 9.35. The fraction of sp³-hybridized carbons (Fsp3) is 0.125. The molecule has 0 fully saturated rings.